The lowest BCUT2D eigenvalue weighted by molar-refractivity contribution is -0.117. The quantitative estimate of drug-likeness (QED) is 0.623. The molecule has 0 spiro atoms. The molecule has 1 fully saturated rings. The molecule has 11 nitrogen and oxygen atoms in total. The Labute approximate surface area is 176 Å². The van der Waals surface area contributed by atoms with Gasteiger partial charge in [0, 0.05) is 38.8 Å². The van der Waals surface area contributed by atoms with Crippen LogP contribution >= 0.6 is 0 Å². The molecule has 1 saturated heterocycles. The van der Waals surface area contributed by atoms with Gasteiger partial charge in [0.1, 0.15) is 12.3 Å². The third kappa shape index (κ3) is 3.47. The summed E-state index contributed by atoms with van der Waals surface area (Å²) in [4.78, 5) is 55.0. The topological polar surface area (TPSA) is 120 Å². The summed E-state index contributed by atoms with van der Waals surface area (Å²) in [5.41, 5.74) is 0.512. The molecule has 2 aromatic heterocycles. The van der Waals surface area contributed by atoms with Gasteiger partial charge in [0.2, 0.25) is 11.8 Å². The average Bonchev–Trinajstić information content (AvgIpc) is 3.36. The molecule has 1 N–H and O–H groups in total. The number of benzene rings is 1. The van der Waals surface area contributed by atoms with Crippen molar-refractivity contribution in [2.75, 3.05) is 23.9 Å². The largest absolute Gasteiger partial charge is 0.494 e. The first kappa shape index (κ1) is 20.4. The Balaban J connectivity index is 1.58. The summed E-state index contributed by atoms with van der Waals surface area (Å²) < 4.78 is 9.04. The molecule has 3 aromatic rings. The van der Waals surface area contributed by atoms with Crippen LogP contribution in [0.1, 0.15) is 12.8 Å². The summed E-state index contributed by atoms with van der Waals surface area (Å²) in [6, 6.07) is 5.07. The van der Waals surface area contributed by atoms with Gasteiger partial charge in [0.05, 0.1) is 19.1 Å². The maximum absolute atomic E-state index is 12.6. The molecule has 162 valence electrons. The summed E-state index contributed by atoms with van der Waals surface area (Å²) in [5, 5.41) is 2.76. The van der Waals surface area contributed by atoms with E-state index in [4.69, 9.17) is 4.74 Å². The number of fused-ring (bicyclic) bond motifs is 1. The smallest absolute Gasteiger partial charge is 0.332 e. The van der Waals surface area contributed by atoms with E-state index in [0.717, 1.165) is 11.0 Å². The molecular weight excluding hydrogens is 404 g/mol. The Bertz CT molecular complexity index is 1320. The van der Waals surface area contributed by atoms with Gasteiger partial charge in [-0.1, -0.05) is 0 Å². The van der Waals surface area contributed by atoms with E-state index in [9.17, 15) is 19.2 Å². The molecule has 0 bridgehead atoms. The zero-order valence-electron chi connectivity index (χ0n) is 17.4. The number of imidazole rings is 1. The van der Waals surface area contributed by atoms with Crippen molar-refractivity contribution >= 4 is 34.4 Å². The number of ether oxygens (including phenoxy) is 1. The second kappa shape index (κ2) is 7.74. The van der Waals surface area contributed by atoms with Gasteiger partial charge in [-0.15, -0.1) is 0 Å². The van der Waals surface area contributed by atoms with Gasteiger partial charge in [0.25, 0.3) is 5.56 Å². The lowest BCUT2D eigenvalue weighted by Gasteiger charge is -2.19. The van der Waals surface area contributed by atoms with Crippen LogP contribution in [0.15, 0.2) is 34.1 Å². The second-order valence-corrected chi connectivity index (χ2v) is 7.33. The van der Waals surface area contributed by atoms with Crippen molar-refractivity contribution in [3.63, 3.8) is 0 Å². The average molecular weight is 426 g/mol. The molecule has 1 aromatic carbocycles. The molecule has 0 saturated carbocycles. The third-order valence-corrected chi connectivity index (χ3v) is 5.36. The third-order valence-electron chi connectivity index (χ3n) is 5.36. The molecule has 0 aliphatic carbocycles. The minimum atomic E-state index is -0.523. The van der Waals surface area contributed by atoms with E-state index in [1.54, 1.807) is 23.1 Å². The van der Waals surface area contributed by atoms with Gasteiger partial charge < -0.3 is 19.5 Å². The summed E-state index contributed by atoms with van der Waals surface area (Å²) in [5.74, 6) is 0.130. The molecular formula is C20H22N6O5. The standard InChI is InChI=1S/C20H22N6O5/c1-23-18-17(19(29)24(2)20(23)30)25(11-21-18)10-15(27)22-12-6-7-13(14(9-12)31-3)26-8-4-5-16(26)28/h6-7,9,11H,4-5,8,10H2,1-3H3,(H,22,27). The fraction of sp³-hybridized carbons (Fsp3) is 0.350. The highest BCUT2D eigenvalue weighted by atomic mass is 16.5. The number of hydrogen-bond donors (Lipinski definition) is 1. The highest BCUT2D eigenvalue weighted by Gasteiger charge is 2.24. The van der Waals surface area contributed by atoms with Crippen LogP contribution in [0.2, 0.25) is 0 Å². The molecule has 11 heteroatoms. The first-order chi connectivity index (χ1) is 14.8. The molecule has 4 rings (SSSR count). The zero-order chi connectivity index (χ0) is 22.3. The van der Waals surface area contributed by atoms with Crippen LogP contribution in [0.3, 0.4) is 0 Å². The van der Waals surface area contributed by atoms with E-state index in [0.29, 0.717) is 30.1 Å². The minimum absolute atomic E-state index is 0.0399. The van der Waals surface area contributed by atoms with E-state index in [2.05, 4.69) is 10.3 Å². The van der Waals surface area contributed by atoms with Crippen molar-refractivity contribution < 1.29 is 14.3 Å². The summed E-state index contributed by atoms with van der Waals surface area (Å²) in [6.07, 6.45) is 2.66. The lowest BCUT2D eigenvalue weighted by Crippen LogP contribution is -2.37. The number of methoxy groups -OCH3 is 1. The Morgan fingerprint density at radius 2 is 1.97 bits per heavy atom. The summed E-state index contributed by atoms with van der Waals surface area (Å²) in [7, 11) is 4.39. The molecule has 0 radical (unpaired) electrons. The number of carbonyl (C=O) groups is 2. The van der Waals surface area contributed by atoms with E-state index < -0.39 is 11.2 Å². The van der Waals surface area contributed by atoms with Crippen LogP contribution in [-0.4, -0.2) is 44.2 Å². The second-order valence-electron chi connectivity index (χ2n) is 7.33. The van der Waals surface area contributed by atoms with Crippen molar-refractivity contribution in [2.24, 2.45) is 14.1 Å². The first-order valence-corrected chi connectivity index (χ1v) is 9.71. The van der Waals surface area contributed by atoms with Gasteiger partial charge in [-0.2, -0.15) is 0 Å². The van der Waals surface area contributed by atoms with Crippen LogP contribution in [0.5, 0.6) is 5.75 Å². The van der Waals surface area contributed by atoms with Crippen LogP contribution in [0.25, 0.3) is 11.2 Å². The van der Waals surface area contributed by atoms with Crippen molar-refractivity contribution in [1.29, 1.82) is 0 Å². The van der Waals surface area contributed by atoms with Gasteiger partial charge in [-0.25, -0.2) is 9.78 Å². The van der Waals surface area contributed by atoms with Crippen LogP contribution < -0.4 is 26.2 Å². The molecule has 31 heavy (non-hydrogen) atoms. The molecule has 2 amide bonds. The fourth-order valence-electron chi connectivity index (χ4n) is 3.75. The Kier molecular flexibility index (Phi) is 5.09. The van der Waals surface area contributed by atoms with Gasteiger partial charge in [-0.3, -0.25) is 23.5 Å². The minimum Gasteiger partial charge on any atom is -0.494 e. The monoisotopic (exact) mass is 426 g/mol. The van der Waals surface area contributed by atoms with Crippen molar-refractivity contribution in [3.8, 4) is 5.75 Å². The number of aryl methyl sites for hydroxylation is 1. The van der Waals surface area contributed by atoms with E-state index >= 15 is 0 Å². The number of anilines is 2. The molecule has 1 aliphatic rings. The molecule has 3 heterocycles. The molecule has 1 aliphatic heterocycles. The summed E-state index contributed by atoms with van der Waals surface area (Å²) in [6.45, 7) is 0.463. The number of rotatable bonds is 5. The highest BCUT2D eigenvalue weighted by molar-refractivity contribution is 5.98. The SMILES string of the molecule is COc1cc(NC(=O)Cn2cnc3c2c(=O)n(C)c(=O)n3C)ccc1N1CCCC1=O. The van der Waals surface area contributed by atoms with Gasteiger partial charge >= 0.3 is 5.69 Å². The number of hydrogen-bond acceptors (Lipinski definition) is 6. The molecule has 0 unspecified atom stereocenters. The fourth-order valence-corrected chi connectivity index (χ4v) is 3.75. The van der Waals surface area contributed by atoms with Crippen molar-refractivity contribution in [2.45, 2.75) is 19.4 Å². The predicted molar refractivity (Wildman–Crippen MR) is 113 cm³/mol. The number of aromatic nitrogens is 4. The van der Waals surface area contributed by atoms with Crippen molar-refractivity contribution in [3.05, 3.63) is 45.4 Å². The highest BCUT2D eigenvalue weighted by Crippen LogP contribution is 2.33. The Morgan fingerprint density at radius 1 is 1.19 bits per heavy atom. The van der Waals surface area contributed by atoms with Crippen LogP contribution in [0, 0.1) is 0 Å². The number of nitrogens with one attached hydrogen (secondary N) is 1. The van der Waals surface area contributed by atoms with Crippen molar-refractivity contribution in [1.82, 2.24) is 18.7 Å². The number of nitrogens with zero attached hydrogens (tertiary/aromatic N) is 5. The van der Waals surface area contributed by atoms with Gasteiger partial charge in [-0.05, 0) is 18.6 Å². The van der Waals surface area contributed by atoms with E-state index in [-0.39, 0.29) is 29.5 Å². The first-order valence-electron chi connectivity index (χ1n) is 9.71. The number of amides is 2. The number of carbonyl (C=O) groups excluding carboxylic acids is 2. The predicted octanol–water partition coefficient (Wildman–Crippen LogP) is 0.208. The molecule has 0 atom stereocenters. The zero-order valence-corrected chi connectivity index (χ0v) is 17.4. The maximum Gasteiger partial charge on any atom is 0.332 e. The van der Waals surface area contributed by atoms with E-state index in [1.165, 1.54) is 36.7 Å². The van der Waals surface area contributed by atoms with Crippen LogP contribution in [-0.2, 0) is 30.2 Å². The Hall–Kier alpha value is -3.89. The van der Waals surface area contributed by atoms with E-state index in [1.807, 2.05) is 0 Å². The Morgan fingerprint density at radius 3 is 2.65 bits per heavy atom. The van der Waals surface area contributed by atoms with Gasteiger partial charge in [0.15, 0.2) is 11.2 Å². The van der Waals surface area contributed by atoms with Crippen LogP contribution in [0.4, 0.5) is 11.4 Å². The summed E-state index contributed by atoms with van der Waals surface area (Å²) >= 11 is 0. The maximum atomic E-state index is 12.6. The lowest BCUT2D eigenvalue weighted by atomic mass is 10.2. The normalized spacial score (nSPS) is 13.8.